The number of nitrogens with zero attached hydrogens (tertiary/aromatic N) is 2. The summed E-state index contributed by atoms with van der Waals surface area (Å²) in [6.07, 6.45) is -0.564. The van der Waals surface area contributed by atoms with Crippen LogP contribution in [0, 0.1) is 10.1 Å². The molecule has 178 valence electrons. The first-order chi connectivity index (χ1) is 16.1. The van der Waals surface area contributed by atoms with Crippen LogP contribution in [-0.4, -0.2) is 55.9 Å². The summed E-state index contributed by atoms with van der Waals surface area (Å²) in [5, 5.41) is 22.0. The fourth-order valence-electron chi connectivity index (χ4n) is 3.47. The molecule has 0 unspecified atom stereocenters. The standard InChI is InChI=1S/C22H21N3O8S/c1-13(26)34-18-10-19(20(27)23-16-4-2-3-15(9-16)21(28)29)24(11-18)22(30)33-12-14-5-7-17(8-6-14)25(31)32/h2-9,18-19H,10-12H2,1H3,(H,23,27)(H,28,29)/t18-,19-/m0/s1. The third kappa shape index (κ3) is 6.32. The maximum absolute atomic E-state index is 13.0. The summed E-state index contributed by atoms with van der Waals surface area (Å²) in [7, 11) is 0. The highest BCUT2D eigenvalue weighted by Crippen LogP contribution is 2.30. The van der Waals surface area contributed by atoms with E-state index >= 15 is 0 Å². The zero-order valence-electron chi connectivity index (χ0n) is 18.0. The van der Waals surface area contributed by atoms with Crippen LogP contribution >= 0.6 is 11.8 Å². The van der Waals surface area contributed by atoms with Gasteiger partial charge in [0.1, 0.15) is 12.6 Å². The van der Waals surface area contributed by atoms with E-state index in [1.165, 1.54) is 60.4 Å². The van der Waals surface area contributed by atoms with Crippen molar-refractivity contribution in [3.63, 3.8) is 0 Å². The van der Waals surface area contributed by atoms with Gasteiger partial charge in [-0.15, -0.1) is 0 Å². The highest BCUT2D eigenvalue weighted by Gasteiger charge is 2.41. The third-order valence-corrected chi connectivity index (χ3v) is 6.03. The van der Waals surface area contributed by atoms with Crippen LogP contribution in [0.4, 0.5) is 16.2 Å². The largest absolute Gasteiger partial charge is 0.478 e. The molecule has 0 aliphatic carbocycles. The lowest BCUT2D eigenvalue weighted by Crippen LogP contribution is -2.43. The number of thioether (sulfide) groups is 1. The van der Waals surface area contributed by atoms with Crippen molar-refractivity contribution in [3.05, 3.63) is 69.8 Å². The van der Waals surface area contributed by atoms with Crippen molar-refractivity contribution in [1.29, 1.82) is 0 Å². The van der Waals surface area contributed by atoms with E-state index in [4.69, 9.17) is 9.84 Å². The number of anilines is 1. The number of rotatable bonds is 7. The highest BCUT2D eigenvalue weighted by molar-refractivity contribution is 8.14. The van der Waals surface area contributed by atoms with Crippen molar-refractivity contribution in [2.75, 3.05) is 11.9 Å². The first kappa shape index (κ1) is 24.7. The van der Waals surface area contributed by atoms with E-state index in [0.29, 0.717) is 5.56 Å². The number of carboxylic acid groups (broad SMARTS) is 1. The number of hydrogen-bond acceptors (Lipinski definition) is 8. The molecule has 0 spiro atoms. The second-order valence-corrected chi connectivity index (χ2v) is 8.97. The van der Waals surface area contributed by atoms with Gasteiger partial charge in [0.15, 0.2) is 5.12 Å². The molecule has 2 N–H and O–H groups in total. The Balaban J connectivity index is 1.70. The molecule has 1 fully saturated rings. The van der Waals surface area contributed by atoms with Crippen molar-refractivity contribution in [3.8, 4) is 0 Å². The van der Waals surface area contributed by atoms with Crippen LogP contribution in [0.25, 0.3) is 0 Å². The minimum absolute atomic E-state index is 0.00593. The molecule has 2 aromatic carbocycles. The van der Waals surface area contributed by atoms with Crippen LogP contribution in [0.1, 0.15) is 29.3 Å². The number of hydrogen-bond donors (Lipinski definition) is 2. The molecule has 2 amide bonds. The number of nitro benzene ring substituents is 1. The first-order valence-corrected chi connectivity index (χ1v) is 11.0. The lowest BCUT2D eigenvalue weighted by atomic mass is 10.1. The van der Waals surface area contributed by atoms with E-state index in [9.17, 15) is 29.3 Å². The van der Waals surface area contributed by atoms with Gasteiger partial charge in [0.05, 0.1) is 10.5 Å². The predicted octanol–water partition coefficient (Wildman–Crippen LogP) is 3.29. The van der Waals surface area contributed by atoms with E-state index in [1.54, 1.807) is 0 Å². The quantitative estimate of drug-likeness (QED) is 0.442. The first-order valence-electron chi connectivity index (χ1n) is 10.1. The summed E-state index contributed by atoms with van der Waals surface area (Å²) in [5.41, 5.74) is 0.682. The van der Waals surface area contributed by atoms with Gasteiger partial charge >= 0.3 is 12.1 Å². The Kier molecular flexibility index (Phi) is 7.84. The van der Waals surface area contributed by atoms with Crippen LogP contribution in [0.2, 0.25) is 0 Å². The van der Waals surface area contributed by atoms with Crippen molar-refractivity contribution in [2.45, 2.75) is 31.2 Å². The number of benzene rings is 2. The van der Waals surface area contributed by atoms with E-state index < -0.39 is 28.9 Å². The van der Waals surface area contributed by atoms with Gasteiger partial charge in [-0.1, -0.05) is 17.8 Å². The summed E-state index contributed by atoms with van der Waals surface area (Å²) >= 11 is 1.03. The zero-order chi connectivity index (χ0) is 24.8. The van der Waals surface area contributed by atoms with Gasteiger partial charge in [-0.05, 0) is 42.3 Å². The van der Waals surface area contributed by atoms with Crippen LogP contribution in [-0.2, 0) is 20.9 Å². The molecule has 1 heterocycles. The summed E-state index contributed by atoms with van der Waals surface area (Å²) in [4.78, 5) is 59.9. The Morgan fingerprint density at radius 2 is 1.91 bits per heavy atom. The molecule has 1 aliphatic heterocycles. The maximum Gasteiger partial charge on any atom is 0.410 e. The summed E-state index contributed by atoms with van der Waals surface area (Å²) < 4.78 is 5.31. The molecule has 0 aromatic heterocycles. The van der Waals surface area contributed by atoms with Crippen molar-refractivity contribution < 1.29 is 33.9 Å². The fourth-order valence-corrected chi connectivity index (χ4v) is 4.45. The zero-order valence-corrected chi connectivity index (χ0v) is 18.8. The van der Waals surface area contributed by atoms with E-state index in [2.05, 4.69) is 5.32 Å². The molecule has 34 heavy (non-hydrogen) atoms. The second kappa shape index (κ2) is 10.8. The number of likely N-dealkylation sites (tertiary alicyclic amines) is 1. The van der Waals surface area contributed by atoms with Crippen molar-refractivity contribution >= 4 is 46.2 Å². The SMILES string of the molecule is CC(=O)S[C@H]1C[C@@H](C(=O)Nc2cccc(C(=O)O)c2)N(C(=O)OCc2ccc([N+](=O)[O-])cc2)C1. The number of non-ortho nitro benzene ring substituents is 1. The van der Waals surface area contributed by atoms with Crippen LogP contribution in [0.5, 0.6) is 0 Å². The maximum atomic E-state index is 13.0. The van der Waals surface area contributed by atoms with Gasteiger partial charge < -0.3 is 15.2 Å². The number of ether oxygens (including phenoxy) is 1. The van der Waals surface area contributed by atoms with E-state index in [-0.39, 0.29) is 46.9 Å². The molecule has 3 rings (SSSR count). The molecule has 0 bridgehead atoms. The average Bonchev–Trinajstić information content (AvgIpc) is 3.21. The molecule has 11 nitrogen and oxygen atoms in total. The molecule has 2 atom stereocenters. The Morgan fingerprint density at radius 3 is 2.53 bits per heavy atom. The lowest BCUT2D eigenvalue weighted by molar-refractivity contribution is -0.384. The number of nitro groups is 1. The molecule has 0 radical (unpaired) electrons. The van der Waals surface area contributed by atoms with Gasteiger partial charge in [-0.2, -0.15) is 0 Å². The van der Waals surface area contributed by atoms with Gasteiger partial charge in [0.2, 0.25) is 5.91 Å². The number of nitrogens with one attached hydrogen (secondary N) is 1. The second-order valence-electron chi connectivity index (χ2n) is 7.49. The van der Waals surface area contributed by atoms with Gasteiger partial charge in [0.25, 0.3) is 5.69 Å². The molecule has 1 aliphatic rings. The molecule has 2 aromatic rings. The smallest absolute Gasteiger partial charge is 0.410 e. The monoisotopic (exact) mass is 487 g/mol. The van der Waals surface area contributed by atoms with Crippen molar-refractivity contribution in [1.82, 2.24) is 4.90 Å². The normalized spacial score (nSPS) is 17.1. The number of carboxylic acids is 1. The predicted molar refractivity (Wildman–Crippen MR) is 122 cm³/mol. The summed E-state index contributed by atoms with van der Waals surface area (Å²) in [6, 6.07) is 10.3. The summed E-state index contributed by atoms with van der Waals surface area (Å²) in [5.74, 6) is -1.69. The van der Waals surface area contributed by atoms with Crippen LogP contribution in [0.15, 0.2) is 48.5 Å². The van der Waals surface area contributed by atoms with Crippen molar-refractivity contribution in [2.24, 2.45) is 0 Å². The Labute approximate surface area is 198 Å². The Hall–Kier alpha value is -3.93. The number of carbonyl (C=O) groups is 4. The Bertz CT molecular complexity index is 1120. The Morgan fingerprint density at radius 1 is 1.21 bits per heavy atom. The number of carbonyl (C=O) groups excluding carboxylic acids is 3. The minimum Gasteiger partial charge on any atom is -0.478 e. The number of amides is 2. The highest BCUT2D eigenvalue weighted by atomic mass is 32.2. The number of aromatic carboxylic acids is 1. The third-order valence-electron chi connectivity index (χ3n) is 5.02. The van der Waals surface area contributed by atoms with Gasteiger partial charge in [-0.25, -0.2) is 9.59 Å². The molecular weight excluding hydrogens is 466 g/mol. The van der Waals surface area contributed by atoms with Gasteiger partial charge in [0, 0.05) is 36.5 Å². The molecule has 12 heteroatoms. The molecular formula is C22H21N3O8S. The van der Waals surface area contributed by atoms with Crippen LogP contribution in [0.3, 0.4) is 0 Å². The average molecular weight is 487 g/mol. The minimum atomic E-state index is -1.15. The molecule has 0 saturated carbocycles. The van der Waals surface area contributed by atoms with E-state index in [1.807, 2.05) is 0 Å². The summed E-state index contributed by atoms with van der Waals surface area (Å²) in [6.45, 7) is 1.34. The van der Waals surface area contributed by atoms with Gasteiger partial charge in [-0.3, -0.25) is 24.6 Å². The topological polar surface area (TPSA) is 156 Å². The lowest BCUT2D eigenvalue weighted by Gasteiger charge is -2.23. The van der Waals surface area contributed by atoms with E-state index in [0.717, 1.165) is 11.8 Å². The fraction of sp³-hybridized carbons (Fsp3) is 0.273. The molecule has 1 saturated heterocycles. The van der Waals surface area contributed by atoms with Crippen LogP contribution < -0.4 is 5.32 Å².